The maximum absolute atomic E-state index is 9.32. The summed E-state index contributed by atoms with van der Waals surface area (Å²) in [5.41, 5.74) is -0.833. The van der Waals surface area contributed by atoms with Crippen LogP contribution in [0.5, 0.6) is 0 Å². The molecule has 8 heteroatoms. The van der Waals surface area contributed by atoms with Crippen molar-refractivity contribution in [2.45, 2.75) is 25.6 Å². The Morgan fingerprint density at radius 2 is 2.00 bits per heavy atom. The predicted molar refractivity (Wildman–Crippen MR) is 77.8 cm³/mol. The Kier molecular flexibility index (Phi) is 7.26. The van der Waals surface area contributed by atoms with Gasteiger partial charge in [-0.1, -0.05) is 0 Å². The van der Waals surface area contributed by atoms with Gasteiger partial charge < -0.3 is 0 Å². The molecule has 19 heavy (non-hydrogen) atoms. The van der Waals surface area contributed by atoms with Crippen molar-refractivity contribution in [2.24, 2.45) is 0 Å². The molecule has 2 N–H and O–H groups in total. The van der Waals surface area contributed by atoms with Crippen LogP contribution in [-0.4, -0.2) is 41.3 Å². The maximum atomic E-state index is 9.32. The fraction of sp³-hybridized carbons (Fsp3) is 0.636. The van der Waals surface area contributed by atoms with Crippen molar-refractivity contribution in [3.63, 3.8) is 0 Å². The summed E-state index contributed by atoms with van der Waals surface area (Å²) >= 11 is 10.6. The zero-order valence-corrected chi connectivity index (χ0v) is 13.3. The van der Waals surface area contributed by atoms with Gasteiger partial charge in [-0.25, -0.2) is 0 Å². The number of hydrogen-bond donors (Lipinski definition) is 2. The van der Waals surface area contributed by atoms with Crippen molar-refractivity contribution in [1.29, 1.82) is 0 Å². The van der Waals surface area contributed by atoms with E-state index in [-0.39, 0.29) is 19.8 Å². The monoisotopic (exact) mass is 332 g/mol. The fourth-order valence-corrected chi connectivity index (χ4v) is 2.27. The topological polar surface area (TPSA) is 68.2 Å². The number of hydrogen-bond acceptors (Lipinski definition) is 5. The Morgan fingerprint density at radius 3 is 2.42 bits per heavy atom. The third kappa shape index (κ3) is 11.6. The number of ether oxygens (including phenoxy) is 2. The van der Waals surface area contributed by atoms with Gasteiger partial charge in [-0.2, -0.15) is 0 Å². The molecule has 0 fully saturated rings. The summed E-state index contributed by atoms with van der Waals surface area (Å²) in [6, 6.07) is 0. The van der Waals surface area contributed by atoms with Gasteiger partial charge in [0, 0.05) is 0 Å². The van der Waals surface area contributed by atoms with Crippen LogP contribution in [0.1, 0.15) is 13.8 Å². The zero-order chi connectivity index (χ0) is 15.2. The van der Waals surface area contributed by atoms with Crippen LogP contribution in [-0.2, 0) is 14.0 Å². The van der Waals surface area contributed by atoms with E-state index in [9.17, 15) is 9.79 Å². The van der Waals surface area contributed by atoms with Crippen molar-refractivity contribution in [3.05, 3.63) is 12.7 Å². The second kappa shape index (κ2) is 7.21. The molecule has 0 saturated heterocycles. The van der Waals surface area contributed by atoms with Crippen molar-refractivity contribution in [1.82, 2.24) is 0 Å². The number of halogens is 2. The molecule has 0 aromatic heterocycles. The Balaban J connectivity index is 4.52. The normalized spacial score (nSPS) is 16.2. The van der Waals surface area contributed by atoms with E-state index in [2.05, 4.69) is 12.5 Å². The van der Waals surface area contributed by atoms with E-state index in [4.69, 9.17) is 42.9 Å². The molecule has 0 aliphatic carbocycles. The average Bonchev–Trinajstić information content (AvgIpc) is 2.23. The van der Waals surface area contributed by atoms with E-state index in [0.29, 0.717) is 0 Å². The third-order valence-electron chi connectivity index (χ3n) is 1.84. The van der Waals surface area contributed by atoms with Gasteiger partial charge in [0.25, 0.3) is 0 Å². The van der Waals surface area contributed by atoms with Crippen LogP contribution in [0.4, 0.5) is 0 Å². The molecule has 0 saturated carbocycles. The molecule has 1 atom stereocenters. The van der Waals surface area contributed by atoms with Gasteiger partial charge in [-0.3, -0.25) is 0 Å². The minimum absolute atomic E-state index is 0.00880. The fourth-order valence-electron chi connectivity index (χ4n) is 0.981. The SMILES string of the molecule is C#CC(C)(C)OCC(COCC=C)OP(O)(O)(Cl)Cl. The molecular formula is C11H19Cl2O5P. The van der Waals surface area contributed by atoms with Crippen molar-refractivity contribution < 1.29 is 23.8 Å². The van der Waals surface area contributed by atoms with E-state index in [1.807, 2.05) is 0 Å². The molecule has 0 aliphatic heterocycles. The predicted octanol–water partition coefficient (Wildman–Crippen LogP) is 2.59. The minimum atomic E-state index is -5.14. The van der Waals surface area contributed by atoms with Gasteiger partial charge in [0.05, 0.1) is 0 Å². The Labute approximate surface area is 123 Å². The first-order valence-electron chi connectivity index (χ1n) is 5.40. The van der Waals surface area contributed by atoms with E-state index >= 15 is 0 Å². The van der Waals surface area contributed by atoms with E-state index in [0.717, 1.165) is 0 Å². The molecule has 0 amide bonds. The molecule has 0 heterocycles. The van der Waals surface area contributed by atoms with Crippen LogP contribution >= 0.6 is 28.5 Å². The van der Waals surface area contributed by atoms with Gasteiger partial charge in [0.1, 0.15) is 0 Å². The van der Waals surface area contributed by atoms with E-state index in [1.54, 1.807) is 13.8 Å². The molecule has 0 rings (SSSR count). The molecule has 0 bridgehead atoms. The van der Waals surface area contributed by atoms with Gasteiger partial charge >= 0.3 is 123 Å². The molecule has 0 aromatic rings. The zero-order valence-electron chi connectivity index (χ0n) is 10.9. The third-order valence-corrected chi connectivity index (χ3v) is 2.96. The molecular weight excluding hydrogens is 314 g/mol. The molecule has 112 valence electrons. The van der Waals surface area contributed by atoms with Crippen molar-refractivity contribution in [2.75, 3.05) is 19.8 Å². The van der Waals surface area contributed by atoms with E-state index in [1.165, 1.54) is 6.08 Å². The van der Waals surface area contributed by atoms with Gasteiger partial charge in [-0.05, 0) is 0 Å². The second-order valence-corrected chi connectivity index (χ2v) is 10.2. The average molecular weight is 333 g/mol. The molecule has 5 nitrogen and oxygen atoms in total. The Morgan fingerprint density at radius 1 is 1.42 bits per heavy atom. The van der Waals surface area contributed by atoms with Crippen LogP contribution in [0.15, 0.2) is 12.7 Å². The summed E-state index contributed by atoms with van der Waals surface area (Å²) in [4.78, 5) is 18.6. The summed E-state index contributed by atoms with van der Waals surface area (Å²) in [6.45, 7) is 7.01. The van der Waals surface area contributed by atoms with E-state index < -0.39 is 17.7 Å². The molecule has 0 aromatic carbocycles. The number of rotatable bonds is 9. The summed E-state index contributed by atoms with van der Waals surface area (Å²) in [5, 5.41) is 0. The summed E-state index contributed by atoms with van der Waals surface area (Å²) in [6.07, 6.45) is 5.92. The van der Waals surface area contributed by atoms with Crippen LogP contribution < -0.4 is 0 Å². The second-order valence-electron chi connectivity index (χ2n) is 4.28. The molecule has 0 aliphatic rings. The molecule has 0 radical (unpaired) electrons. The van der Waals surface area contributed by atoms with Crippen molar-refractivity contribution >= 4 is 28.5 Å². The first kappa shape index (κ1) is 19.1. The number of terminal acetylenes is 1. The van der Waals surface area contributed by atoms with Crippen LogP contribution in [0.25, 0.3) is 0 Å². The molecule has 0 spiro atoms. The van der Waals surface area contributed by atoms with Gasteiger partial charge in [-0.15, -0.1) is 0 Å². The van der Waals surface area contributed by atoms with Crippen LogP contribution in [0, 0.1) is 12.3 Å². The van der Waals surface area contributed by atoms with Crippen molar-refractivity contribution in [3.8, 4) is 12.3 Å². The van der Waals surface area contributed by atoms with Crippen LogP contribution in [0.2, 0.25) is 0 Å². The molecule has 1 unspecified atom stereocenters. The van der Waals surface area contributed by atoms with Crippen LogP contribution in [0.3, 0.4) is 0 Å². The summed E-state index contributed by atoms with van der Waals surface area (Å²) in [5.74, 6) is -2.72. The summed E-state index contributed by atoms with van der Waals surface area (Å²) < 4.78 is 15.3. The summed E-state index contributed by atoms with van der Waals surface area (Å²) in [7, 11) is 0. The first-order chi connectivity index (χ1) is 8.45. The quantitative estimate of drug-likeness (QED) is 0.294. The first-order valence-corrected chi connectivity index (χ1v) is 9.27. The van der Waals surface area contributed by atoms with Gasteiger partial charge in [0.2, 0.25) is 0 Å². The Hall–Kier alpha value is 0.110. The standard InChI is InChI=1S/C11H19Cl2O5P/c1-5-7-16-8-10(18-19(12,13,14)15)9-17-11(3,4)6-2/h2,5,10,14-15H,1,7-9H2,3-4H3. The Bertz CT molecular complexity index is 336. The van der Waals surface area contributed by atoms with Gasteiger partial charge in [0.15, 0.2) is 0 Å².